The predicted octanol–water partition coefficient (Wildman–Crippen LogP) is 5.95. The van der Waals surface area contributed by atoms with E-state index in [2.05, 4.69) is 6.92 Å². The van der Waals surface area contributed by atoms with E-state index in [-0.39, 0.29) is 0 Å². The molecule has 0 amide bonds. The molecule has 1 rings (SSSR count). The number of rotatable bonds is 12. The minimum absolute atomic E-state index is 0.414. The molecule has 118 valence electrons. The fraction of sp³-hybridized carbons (Fsp3) is 0.667. The lowest BCUT2D eigenvalue weighted by molar-refractivity contribution is 0.523. The van der Waals surface area contributed by atoms with Gasteiger partial charge in [0.15, 0.2) is 0 Å². The van der Waals surface area contributed by atoms with Gasteiger partial charge in [0, 0.05) is 0 Å². The molecule has 1 aromatic rings. The third-order valence-corrected chi connectivity index (χ3v) is 4.69. The quantitative estimate of drug-likeness (QED) is 0.353. The van der Waals surface area contributed by atoms with Gasteiger partial charge in [0.1, 0.15) is 0 Å². The van der Waals surface area contributed by atoms with Gasteiger partial charge in [-0.3, -0.25) is 0 Å². The molecule has 0 saturated heterocycles. The van der Waals surface area contributed by atoms with E-state index >= 15 is 0 Å². The Bertz CT molecular complexity index is 427. The largest absolute Gasteiger partial charge is 0.348 e. The minimum atomic E-state index is -2.44. The Kier molecular flexibility index (Phi) is 10.2. The van der Waals surface area contributed by atoms with Gasteiger partial charge in [-0.1, -0.05) is 76.8 Å². The molecule has 0 aliphatic rings. The van der Waals surface area contributed by atoms with Crippen LogP contribution in [0.25, 0.3) is 0 Å². The molecule has 0 radical (unpaired) electrons. The number of hydrogen-bond acceptors (Lipinski definition) is 2. The summed E-state index contributed by atoms with van der Waals surface area (Å²) in [4.78, 5) is 0. The molecule has 0 N–H and O–H groups in total. The van der Waals surface area contributed by atoms with E-state index in [0.717, 1.165) is 6.42 Å². The van der Waals surface area contributed by atoms with Gasteiger partial charge in [-0.25, -0.2) is 9.13 Å². The van der Waals surface area contributed by atoms with Crippen LogP contribution in [0.4, 0.5) is 0 Å². The zero-order chi connectivity index (χ0) is 15.3. The molecule has 0 bridgehead atoms. The van der Waals surface area contributed by atoms with E-state index in [1.165, 1.54) is 69.8 Å². The summed E-state index contributed by atoms with van der Waals surface area (Å²) in [7, 11) is -2.44. The first-order chi connectivity index (χ1) is 10.2. The van der Waals surface area contributed by atoms with Crippen LogP contribution in [0.3, 0.4) is 0 Å². The van der Waals surface area contributed by atoms with Crippen LogP contribution >= 0.6 is 7.68 Å². The topological polar surface area (TPSA) is 34.1 Å². The average molecular weight is 308 g/mol. The summed E-state index contributed by atoms with van der Waals surface area (Å²) < 4.78 is 21.6. The van der Waals surface area contributed by atoms with E-state index in [4.69, 9.17) is 0 Å². The standard InChI is InChI=1S/C18H29O2P/c1-2-3-4-5-6-7-8-9-10-11-12-17-13-15-18(16-14-17)21(19)20/h13-16H,2-12H2,1H3. The van der Waals surface area contributed by atoms with Crippen LogP contribution in [0, 0.1) is 0 Å². The fourth-order valence-corrected chi connectivity index (χ4v) is 2.99. The second-order valence-corrected chi connectivity index (χ2v) is 6.89. The van der Waals surface area contributed by atoms with Crippen LogP contribution in [-0.4, -0.2) is 0 Å². The molecule has 0 fully saturated rings. The molecule has 0 atom stereocenters. The lowest BCUT2D eigenvalue weighted by atomic mass is 10.0. The van der Waals surface area contributed by atoms with E-state index < -0.39 is 7.68 Å². The number of benzene rings is 1. The third-order valence-electron chi connectivity index (χ3n) is 3.97. The van der Waals surface area contributed by atoms with Crippen LogP contribution in [0.2, 0.25) is 0 Å². The van der Waals surface area contributed by atoms with Crippen molar-refractivity contribution in [1.82, 2.24) is 0 Å². The van der Waals surface area contributed by atoms with Crippen molar-refractivity contribution in [2.45, 2.75) is 77.6 Å². The maximum absolute atomic E-state index is 10.8. The van der Waals surface area contributed by atoms with Gasteiger partial charge in [0.05, 0.1) is 5.30 Å². The highest BCUT2D eigenvalue weighted by atomic mass is 31.1. The smallest absolute Gasteiger partial charge is 0.232 e. The van der Waals surface area contributed by atoms with Crippen molar-refractivity contribution < 1.29 is 9.13 Å². The third kappa shape index (κ3) is 8.88. The molecule has 0 heterocycles. The van der Waals surface area contributed by atoms with Crippen LogP contribution in [0.5, 0.6) is 0 Å². The summed E-state index contributed by atoms with van der Waals surface area (Å²) in [6, 6.07) is 7.29. The van der Waals surface area contributed by atoms with Crippen LogP contribution in [0.15, 0.2) is 24.3 Å². The highest BCUT2D eigenvalue weighted by Crippen LogP contribution is 2.13. The molecule has 2 nitrogen and oxygen atoms in total. The maximum Gasteiger partial charge on any atom is 0.348 e. The predicted molar refractivity (Wildman–Crippen MR) is 89.9 cm³/mol. The van der Waals surface area contributed by atoms with Crippen LogP contribution < -0.4 is 5.30 Å². The molecule has 1 aromatic carbocycles. The van der Waals surface area contributed by atoms with Crippen molar-refractivity contribution in [3.8, 4) is 0 Å². The molecule has 0 aromatic heterocycles. The Morgan fingerprint density at radius 2 is 1.19 bits per heavy atom. The van der Waals surface area contributed by atoms with Gasteiger partial charge in [-0.15, -0.1) is 0 Å². The highest BCUT2D eigenvalue weighted by molar-refractivity contribution is 7.40. The van der Waals surface area contributed by atoms with E-state index in [0.29, 0.717) is 5.30 Å². The van der Waals surface area contributed by atoms with Gasteiger partial charge < -0.3 is 0 Å². The summed E-state index contributed by atoms with van der Waals surface area (Å²) in [6.07, 6.45) is 14.6. The van der Waals surface area contributed by atoms with Crippen molar-refractivity contribution in [3.63, 3.8) is 0 Å². The summed E-state index contributed by atoms with van der Waals surface area (Å²) >= 11 is 0. The van der Waals surface area contributed by atoms with Crippen molar-refractivity contribution >= 4 is 13.0 Å². The first kappa shape index (κ1) is 18.2. The van der Waals surface area contributed by atoms with Crippen molar-refractivity contribution in [1.29, 1.82) is 0 Å². The fourth-order valence-electron chi connectivity index (χ4n) is 2.60. The second-order valence-electron chi connectivity index (χ2n) is 5.86. The second kappa shape index (κ2) is 11.7. The summed E-state index contributed by atoms with van der Waals surface area (Å²) in [5.41, 5.74) is 1.25. The SMILES string of the molecule is CCCCCCCCCCCCc1ccc(P(=O)=O)cc1. The molecular formula is C18H29O2P. The van der Waals surface area contributed by atoms with E-state index in [9.17, 15) is 9.13 Å². The number of unbranched alkanes of at least 4 members (excludes halogenated alkanes) is 9. The summed E-state index contributed by atoms with van der Waals surface area (Å²) in [6.45, 7) is 2.26. The van der Waals surface area contributed by atoms with Crippen molar-refractivity contribution in [3.05, 3.63) is 29.8 Å². The molecule has 0 spiro atoms. The Balaban J connectivity index is 1.99. The van der Waals surface area contributed by atoms with Gasteiger partial charge in [0.25, 0.3) is 0 Å². The molecule has 0 aliphatic heterocycles. The molecule has 21 heavy (non-hydrogen) atoms. The van der Waals surface area contributed by atoms with Gasteiger partial charge >= 0.3 is 7.68 Å². The van der Waals surface area contributed by atoms with Gasteiger partial charge in [-0.05, 0) is 30.5 Å². The van der Waals surface area contributed by atoms with Crippen LogP contribution in [0.1, 0.15) is 76.7 Å². The lowest BCUT2D eigenvalue weighted by Crippen LogP contribution is -1.93. The highest BCUT2D eigenvalue weighted by Gasteiger charge is 1.99. The maximum atomic E-state index is 10.8. The van der Waals surface area contributed by atoms with Crippen molar-refractivity contribution in [2.75, 3.05) is 0 Å². The van der Waals surface area contributed by atoms with E-state index in [1.54, 1.807) is 12.1 Å². The first-order valence-corrected chi connectivity index (χ1v) is 9.65. The molecule has 0 aliphatic carbocycles. The Morgan fingerprint density at radius 3 is 1.67 bits per heavy atom. The van der Waals surface area contributed by atoms with Gasteiger partial charge in [0.2, 0.25) is 0 Å². The zero-order valence-corrected chi connectivity index (χ0v) is 14.2. The Hall–Kier alpha value is -0.880. The number of aryl methyl sites for hydroxylation is 1. The summed E-state index contributed by atoms with van der Waals surface area (Å²) in [5, 5.41) is 0.414. The molecule has 0 unspecified atom stereocenters. The van der Waals surface area contributed by atoms with Crippen molar-refractivity contribution in [2.24, 2.45) is 0 Å². The molecule has 0 saturated carbocycles. The normalized spacial score (nSPS) is 10.7. The Morgan fingerprint density at radius 1 is 0.714 bits per heavy atom. The van der Waals surface area contributed by atoms with E-state index in [1.807, 2.05) is 12.1 Å². The Labute approximate surface area is 130 Å². The zero-order valence-electron chi connectivity index (χ0n) is 13.4. The monoisotopic (exact) mass is 308 g/mol. The lowest BCUT2D eigenvalue weighted by Gasteiger charge is -2.03. The summed E-state index contributed by atoms with van der Waals surface area (Å²) in [5.74, 6) is 0. The molecule has 3 heteroatoms. The van der Waals surface area contributed by atoms with Gasteiger partial charge in [-0.2, -0.15) is 0 Å². The average Bonchev–Trinajstić information content (AvgIpc) is 2.49. The molecular weight excluding hydrogens is 279 g/mol. The first-order valence-electron chi connectivity index (χ1n) is 8.47. The van der Waals surface area contributed by atoms with Crippen LogP contribution in [-0.2, 0) is 15.6 Å². The number of hydrogen-bond donors (Lipinski definition) is 0. The minimum Gasteiger partial charge on any atom is -0.232 e.